The number of benzene rings is 2. The number of nitrogens with one attached hydrogen (secondary N) is 1. The number of carbonyl (C=O) groups excluding carboxylic acids is 1. The molecule has 0 aliphatic rings. The molecule has 8 heteroatoms. The van der Waals surface area contributed by atoms with Crippen LogP contribution in [0.5, 0.6) is 0 Å². The molecule has 0 aliphatic heterocycles. The van der Waals surface area contributed by atoms with Crippen LogP contribution in [0, 0.1) is 0 Å². The Labute approximate surface area is 173 Å². The molecule has 7 nitrogen and oxygen atoms in total. The first-order valence-corrected chi connectivity index (χ1v) is 11.2. The molecule has 0 saturated heterocycles. The van der Waals surface area contributed by atoms with Crippen molar-refractivity contribution in [1.82, 2.24) is 9.97 Å². The average molecular weight is 424 g/mol. The minimum atomic E-state index is -3.51. The predicted molar refractivity (Wildman–Crippen MR) is 114 cm³/mol. The van der Waals surface area contributed by atoms with E-state index in [1.54, 1.807) is 56.3 Å². The summed E-state index contributed by atoms with van der Waals surface area (Å²) in [4.78, 5) is 20.4. The Morgan fingerprint density at radius 2 is 1.73 bits per heavy atom. The van der Waals surface area contributed by atoms with E-state index in [1.165, 1.54) is 0 Å². The molecule has 0 atom stereocenters. The van der Waals surface area contributed by atoms with Gasteiger partial charge in [-0.3, -0.25) is 9.36 Å². The van der Waals surface area contributed by atoms with Gasteiger partial charge in [-0.2, -0.15) is 0 Å². The van der Waals surface area contributed by atoms with Gasteiger partial charge < -0.3 is 18.4 Å². The molecule has 0 spiro atoms. The molecule has 2 heterocycles. The van der Waals surface area contributed by atoms with E-state index >= 15 is 0 Å². The second kappa shape index (κ2) is 8.40. The SMILES string of the molecule is CCOP(=O)(OCC)c1ccc(-c2nc3ccc(C(=O)c4ccccc4)cc3[nH]2)o1. The van der Waals surface area contributed by atoms with Gasteiger partial charge >= 0.3 is 7.60 Å². The van der Waals surface area contributed by atoms with Crippen LogP contribution in [0.15, 0.2) is 65.1 Å². The van der Waals surface area contributed by atoms with Crippen molar-refractivity contribution in [2.75, 3.05) is 13.2 Å². The normalized spacial score (nSPS) is 11.8. The van der Waals surface area contributed by atoms with Gasteiger partial charge in [0.1, 0.15) is 0 Å². The van der Waals surface area contributed by atoms with E-state index in [1.807, 2.05) is 18.2 Å². The number of hydrogen-bond acceptors (Lipinski definition) is 6. The number of carbonyl (C=O) groups is 1. The largest absolute Gasteiger partial charge is 0.445 e. The van der Waals surface area contributed by atoms with Crippen molar-refractivity contribution >= 4 is 29.9 Å². The van der Waals surface area contributed by atoms with Crippen LogP contribution in [0.2, 0.25) is 0 Å². The Bertz CT molecular complexity index is 1220. The van der Waals surface area contributed by atoms with Crippen LogP contribution in [0.3, 0.4) is 0 Å². The van der Waals surface area contributed by atoms with Gasteiger partial charge in [0.2, 0.25) is 5.50 Å². The van der Waals surface area contributed by atoms with Crippen LogP contribution in [0.25, 0.3) is 22.6 Å². The van der Waals surface area contributed by atoms with Crippen molar-refractivity contribution in [3.63, 3.8) is 0 Å². The molecular formula is C22H21N2O5P. The summed E-state index contributed by atoms with van der Waals surface area (Å²) < 4.78 is 29.3. The number of imidazole rings is 1. The van der Waals surface area contributed by atoms with Crippen LogP contribution in [-0.2, 0) is 13.6 Å². The number of rotatable bonds is 8. The van der Waals surface area contributed by atoms with E-state index in [0.717, 1.165) is 0 Å². The molecule has 4 rings (SSSR count). The molecule has 0 unspecified atom stereocenters. The molecule has 0 bridgehead atoms. The van der Waals surface area contributed by atoms with Gasteiger partial charge in [0, 0.05) is 11.1 Å². The Hall–Kier alpha value is -2.99. The van der Waals surface area contributed by atoms with E-state index in [4.69, 9.17) is 13.5 Å². The number of ketones is 1. The zero-order chi connectivity index (χ0) is 21.1. The average Bonchev–Trinajstić information content (AvgIpc) is 3.41. The zero-order valence-corrected chi connectivity index (χ0v) is 17.5. The van der Waals surface area contributed by atoms with E-state index in [9.17, 15) is 9.36 Å². The molecule has 0 saturated carbocycles. The van der Waals surface area contributed by atoms with Crippen molar-refractivity contribution in [1.29, 1.82) is 0 Å². The van der Waals surface area contributed by atoms with Crippen LogP contribution in [-0.4, -0.2) is 29.0 Å². The Kier molecular flexibility index (Phi) is 5.68. The summed E-state index contributed by atoms with van der Waals surface area (Å²) in [6, 6.07) is 17.6. The Morgan fingerprint density at radius 3 is 2.43 bits per heavy atom. The topological polar surface area (TPSA) is 94.4 Å². The molecule has 0 radical (unpaired) electrons. The summed E-state index contributed by atoms with van der Waals surface area (Å²) in [6.45, 7) is 3.94. The second-order valence-electron chi connectivity index (χ2n) is 6.48. The van der Waals surface area contributed by atoms with Gasteiger partial charge in [-0.25, -0.2) is 4.98 Å². The monoisotopic (exact) mass is 424 g/mol. The lowest BCUT2D eigenvalue weighted by Crippen LogP contribution is -2.08. The standard InChI is InChI=1S/C22H21N2O5P/c1-3-27-30(26,28-4-2)20-13-12-19(29-20)22-23-17-11-10-16(14-18(17)24-22)21(25)15-8-6-5-7-9-15/h5-14H,3-4H2,1-2H3,(H,23,24). The predicted octanol–water partition coefficient (Wildman–Crippen LogP) is 4.95. The highest BCUT2D eigenvalue weighted by Crippen LogP contribution is 2.47. The zero-order valence-electron chi connectivity index (χ0n) is 16.6. The maximum absolute atomic E-state index is 12.9. The fraction of sp³-hybridized carbons (Fsp3) is 0.182. The molecular weight excluding hydrogens is 403 g/mol. The van der Waals surface area contributed by atoms with Crippen LogP contribution in [0.4, 0.5) is 0 Å². The van der Waals surface area contributed by atoms with E-state index in [0.29, 0.717) is 33.7 Å². The summed E-state index contributed by atoms with van der Waals surface area (Å²) in [5.41, 5.74) is 2.69. The number of fused-ring (bicyclic) bond motifs is 1. The fourth-order valence-corrected chi connectivity index (χ4v) is 4.61. The Balaban J connectivity index is 1.66. The molecule has 0 fully saturated rings. The quantitative estimate of drug-likeness (QED) is 0.318. The summed E-state index contributed by atoms with van der Waals surface area (Å²) in [7, 11) is -3.51. The van der Waals surface area contributed by atoms with Gasteiger partial charge in [-0.15, -0.1) is 0 Å². The maximum atomic E-state index is 12.9. The van der Waals surface area contributed by atoms with Crippen molar-refractivity contribution < 1.29 is 22.8 Å². The van der Waals surface area contributed by atoms with Gasteiger partial charge in [0.25, 0.3) is 0 Å². The first kappa shape index (κ1) is 20.3. The lowest BCUT2D eigenvalue weighted by molar-refractivity contribution is 0.103. The molecule has 0 aliphatic carbocycles. The molecule has 4 aromatic rings. The lowest BCUT2D eigenvalue weighted by atomic mass is 10.0. The number of nitrogens with zero attached hydrogens (tertiary/aromatic N) is 1. The molecule has 1 N–H and O–H groups in total. The summed E-state index contributed by atoms with van der Waals surface area (Å²) in [5, 5.41) is 0. The summed E-state index contributed by atoms with van der Waals surface area (Å²) in [6.07, 6.45) is 0. The van der Waals surface area contributed by atoms with E-state index in [-0.39, 0.29) is 24.5 Å². The number of aromatic nitrogens is 2. The molecule has 30 heavy (non-hydrogen) atoms. The number of H-pyrrole nitrogens is 1. The third kappa shape index (κ3) is 3.87. The van der Waals surface area contributed by atoms with E-state index < -0.39 is 7.60 Å². The summed E-state index contributed by atoms with van der Waals surface area (Å²) in [5.74, 6) is 0.792. The third-order valence-corrected chi connectivity index (χ3v) is 6.45. The minimum Gasteiger partial charge on any atom is -0.445 e. The minimum absolute atomic E-state index is 0.0664. The summed E-state index contributed by atoms with van der Waals surface area (Å²) >= 11 is 0. The molecule has 2 aromatic heterocycles. The highest BCUT2D eigenvalue weighted by Gasteiger charge is 2.31. The number of furan rings is 1. The molecule has 0 amide bonds. The van der Waals surface area contributed by atoms with Crippen molar-refractivity contribution in [2.24, 2.45) is 0 Å². The van der Waals surface area contributed by atoms with Crippen molar-refractivity contribution in [3.05, 3.63) is 71.8 Å². The van der Waals surface area contributed by atoms with Crippen LogP contribution < -0.4 is 5.50 Å². The van der Waals surface area contributed by atoms with Gasteiger partial charge in [-0.1, -0.05) is 30.3 Å². The van der Waals surface area contributed by atoms with Crippen molar-refractivity contribution in [3.8, 4) is 11.6 Å². The van der Waals surface area contributed by atoms with E-state index in [2.05, 4.69) is 9.97 Å². The fourth-order valence-electron chi connectivity index (χ4n) is 3.13. The van der Waals surface area contributed by atoms with Gasteiger partial charge in [0.15, 0.2) is 17.4 Å². The first-order valence-electron chi connectivity index (χ1n) is 9.63. The maximum Gasteiger partial charge on any atom is 0.396 e. The lowest BCUT2D eigenvalue weighted by Gasteiger charge is -2.13. The molecule has 154 valence electrons. The number of hydrogen-bond donors (Lipinski definition) is 1. The number of aromatic amines is 1. The first-order chi connectivity index (χ1) is 14.5. The van der Waals surface area contributed by atoms with Crippen LogP contribution in [0.1, 0.15) is 29.8 Å². The highest BCUT2D eigenvalue weighted by molar-refractivity contribution is 7.61. The second-order valence-corrected chi connectivity index (χ2v) is 8.44. The van der Waals surface area contributed by atoms with Crippen molar-refractivity contribution in [2.45, 2.75) is 13.8 Å². The Morgan fingerprint density at radius 1 is 1.00 bits per heavy atom. The third-order valence-electron chi connectivity index (χ3n) is 4.47. The smallest absolute Gasteiger partial charge is 0.396 e. The molecule has 2 aromatic carbocycles. The van der Waals surface area contributed by atoms with Gasteiger partial charge in [-0.05, 0) is 44.2 Å². The van der Waals surface area contributed by atoms with Crippen LogP contribution >= 0.6 is 7.60 Å². The van der Waals surface area contributed by atoms with Gasteiger partial charge in [0.05, 0.1) is 24.2 Å². The highest BCUT2D eigenvalue weighted by atomic mass is 31.2.